The van der Waals surface area contributed by atoms with Crippen LogP contribution in [-0.2, 0) is 4.79 Å². The van der Waals surface area contributed by atoms with Gasteiger partial charge in [0.05, 0.1) is 0 Å². The molecule has 0 spiro atoms. The minimum atomic E-state index is -0.664. The highest BCUT2D eigenvalue weighted by Crippen LogP contribution is 2.35. The number of halogens is 1. The number of carboxylic acids is 1. The maximum absolute atomic E-state index is 10.3. The Labute approximate surface area is 67.8 Å². The number of rotatable bonds is 3. The summed E-state index contributed by atoms with van der Waals surface area (Å²) in [4.78, 5) is 10.3. The second kappa shape index (κ2) is 2.86. The summed E-state index contributed by atoms with van der Waals surface area (Å²) in [6, 6.07) is 0. The maximum Gasteiger partial charge on any atom is 0.316 e. The summed E-state index contributed by atoms with van der Waals surface area (Å²) in [5.41, 5.74) is 0. The molecule has 0 bridgehead atoms. The normalized spacial score (nSPS) is 21.4. The molecular formula is C6H9IO2. The van der Waals surface area contributed by atoms with E-state index in [9.17, 15) is 4.79 Å². The van der Waals surface area contributed by atoms with Crippen LogP contribution in [0.3, 0.4) is 0 Å². The van der Waals surface area contributed by atoms with Crippen molar-refractivity contribution in [3.05, 3.63) is 0 Å². The summed E-state index contributed by atoms with van der Waals surface area (Å²) in [5, 5.41) is 8.45. The first-order chi connectivity index (χ1) is 4.20. The van der Waals surface area contributed by atoms with Gasteiger partial charge in [0.2, 0.25) is 0 Å². The molecule has 3 heteroatoms. The lowest BCUT2D eigenvalue weighted by atomic mass is 10.2. The number of carboxylic acid groups (broad SMARTS) is 1. The van der Waals surface area contributed by atoms with E-state index in [0.29, 0.717) is 0 Å². The highest BCUT2D eigenvalue weighted by Gasteiger charge is 2.27. The van der Waals surface area contributed by atoms with E-state index in [1.807, 2.05) is 22.6 Å². The SMILES string of the molecule is O=C(O)C(I)CC1CC1. The van der Waals surface area contributed by atoms with Crippen molar-refractivity contribution < 1.29 is 9.90 Å². The molecule has 1 saturated carbocycles. The van der Waals surface area contributed by atoms with Crippen molar-refractivity contribution in [2.45, 2.75) is 23.2 Å². The van der Waals surface area contributed by atoms with Crippen LogP contribution >= 0.6 is 22.6 Å². The molecule has 0 saturated heterocycles. The molecule has 0 aromatic heterocycles. The first-order valence-corrected chi connectivity index (χ1v) is 4.31. The number of alkyl halides is 1. The smallest absolute Gasteiger partial charge is 0.316 e. The van der Waals surface area contributed by atoms with Crippen molar-refractivity contribution in [1.82, 2.24) is 0 Å². The fourth-order valence-electron chi connectivity index (χ4n) is 0.747. The third-order valence-corrected chi connectivity index (χ3v) is 2.55. The monoisotopic (exact) mass is 240 g/mol. The molecule has 1 aliphatic carbocycles. The van der Waals surface area contributed by atoms with E-state index >= 15 is 0 Å². The number of hydrogen-bond donors (Lipinski definition) is 1. The Hall–Kier alpha value is 0.200. The quantitative estimate of drug-likeness (QED) is 0.601. The number of aliphatic carboxylic acids is 1. The van der Waals surface area contributed by atoms with Crippen LogP contribution in [0, 0.1) is 5.92 Å². The van der Waals surface area contributed by atoms with Crippen LogP contribution in [0.1, 0.15) is 19.3 Å². The van der Waals surface area contributed by atoms with Crippen LogP contribution < -0.4 is 0 Å². The lowest BCUT2D eigenvalue weighted by Crippen LogP contribution is -2.12. The molecule has 9 heavy (non-hydrogen) atoms. The van der Waals surface area contributed by atoms with Crippen LogP contribution in [0.25, 0.3) is 0 Å². The van der Waals surface area contributed by atoms with E-state index in [0.717, 1.165) is 12.3 Å². The Bertz CT molecular complexity index is 120. The minimum absolute atomic E-state index is 0.157. The van der Waals surface area contributed by atoms with Gasteiger partial charge >= 0.3 is 5.97 Å². The predicted molar refractivity (Wildman–Crippen MR) is 42.8 cm³/mol. The van der Waals surface area contributed by atoms with E-state index in [1.54, 1.807) is 0 Å². The molecular weight excluding hydrogens is 231 g/mol. The average molecular weight is 240 g/mol. The Kier molecular flexibility index (Phi) is 2.32. The molecule has 52 valence electrons. The van der Waals surface area contributed by atoms with Crippen molar-refractivity contribution in [2.24, 2.45) is 5.92 Å². The fourth-order valence-corrected chi connectivity index (χ4v) is 1.47. The first-order valence-electron chi connectivity index (χ1n) is 3.07. The van der Waals surface area contributed by atoms with E-state index in [-0.39, 0.29) is 3.92 Å². The van der Waals surface area contributed by atoms with Gasteiger partial charge in [0.25, 0.3) is 0 Å². The molecule has 0 aromatic carbocycles. The molecule has 0 heterocycles. The van der Waals surface area contributed by atoms with Crippen molar-refractivity contribution in [2.75, 3.05) is 0 Å². The van der Waals surface area contributed by atoms with Gasteiger partial charge in [-0.15, -0.1) is 0 Å². The summed E-state index contributed by atoms with van der Waals surface area (Å²) in [6.07, 6.45) is 3.36. The van der Waals surface area contributed by atoms with Gasteiger partial charge in [-0.25, -0.2) is 0 Å². The Balaban J connectivity index is 2.16. The zero-order valence-electron chi connectivity index (χ0n) is 5.01. The van der Waals surface area contributed by atoms with E-state index in [1.165, 1.54) is 12.8 Å². The summed E-state index contributed by atoms with van der Waals surface area (Å²) < 4.78 is -0.157. The average Bonchev–Trinajstić information content (AvgIpc) is 2.50. The van der Waals surface area contributed by atoms with Crippen LogP contribution in [0.4, 0.5) is 0 Å². The maximum atomic E-state index is 10.3. The van der Waals surface area contributed by atoms with Gasteiger partial charge in [0, 0.05) is 0 Å². The molecule has 0 amide bonds. The van der Waals surface area contributed by atoms with Crippen molar-refractivity contribution in [1.29, 1.82) is 0 Å². The zero-order valence-corrected chi connectivity index (χ0v) is 7.17. The predicted octanol–water partition coefficient (Wildman–Crippen LogP) is 1.67. The van der Waals surface area contributed by atoms with E-state index < -0.39 is 5.97 Å². The Morgan fingerprint density at radius 2 is 2.33 bits per heavy atom. The van der Waals surface area contributed by atoms with Gasteiger partial charge < -0.3 is 5.11 Å². The largest absolute Gasteiger partial charge is 0.480 e. The first kappa shape index (κ1) is 7.31. The van der Waals surface area contributed by atoms with Crippen molar-refractivity contribution >= 4 is 28.6 Å². The lowest BCUT2D eigenvalue weighted by molar-refractivity contribution is -0.136. The number of hydrogen-bond acceptors (Lipinski definition) is 1. The fraction of sp³-hybridized carbons (Fsp3) is 0.833. The highest BCUT2D eigenvalue weighted by atomic mass is 127. The summed E-state index contributed by atoms with van der Waals surface area (Å²) >= 11 is 1.99. The molecule has 1 rings (SSSR count). The van der Waals surface area contributed by atoms with Crippen LogP contribution in [0.2, 0.25) is 0 Å². The minimum Gasteiger partial charge on any atom is -0.480 e. The third kappa shape index (κ3) is 2.51. The van der Waals surface area contributed by atoms with Gasteiger partial charge in [-0.3, -0.25) is 4.79 Å². The second-order valence-electron chi connectivity index (χ2n) is 2.48. The van der Waals surface area contributed by atoms with Gasteiger partial charge in [-0.2, -0.15) is 0 Å². The summed E-state index contributed by atoms with van der Waals surface area (Å²) in [6.45, 7) is 0. The van der Waals surface area contributed by atoms with Crippen LogP contribution in [0.15, 0.2) is 0 Å². The molecule has 1 N–H and O–H groups in total. The highest BCUT2D eigenvalue weighted by molar-refractivity contribution is 14.1. The standard InChI is InChI=1S/C6H9IO2/c7-5(6(8)9)3-4-1-2-4/h4-5H,1-3H2,(H,8,9). The Morgan fingerprint density at radius 3 is 2.67 bits per heavy atom. The Morgan fingerprint density at radius 1 is 1.78 bits per heavy atom. The molecule has 1 aliphatic rings. The summed E-state index contributed by atoms with van der Waals surface area (Å²) in [5.74, 6) is 0.0606. The molecule has 0 aromatic rings. The van der Waals surface area contributed by atoms with Crippen molar-refractivity contribution in [3.8, 4) is 0 Å². The number of carbonyl (C=O) groups is 1. The molecule has 0 aliphatic heterocycles. The molecule has 1 unspecified atom stereocenters. The molecule has 1 atom stereocenters. The molecule has 2 nitrogen and oxygen atoms in total. The molecule has 1 fully saturated rings. The zero-order chi connectivity index (χ0) is 6.85. The van der Waals surface area contributed by atoms with E-state index in [2.05, 4.69) is 0 Å². The molecule has 0 radical (unpaired) electrons. The lowest BCUT2D eigenvalue weighted by Gasteiger charge is -1.99. The van der Waals surface area contributed by atoms with Crippen LogP contribution in [0.5, 0.6) is 0 Å². The third-order valence-electron chi connectivity index (χ3n) is 1.51. The topological polar surface area (TPSA) is 37.3 Å². The summed E-state index contributed by atoms with van der Waals surface area (Å²) in [7, 11) is 0. The second-order valence-corrected chi connectivity index (χ2v) is 3.99. The van der Waals surface area contributed by atoms with Crippen molar-refractivity contribution in [3.63, 3.8) is 0 Å². The van der Waals surface area contributed by atoms with Gasteiger partial charge in [-0.1, -0.05) is 35.4 Å². The van der Waals surface area contributed by atoms with Gasteiger partial charge in [-0.05, 0) is 12.3 Å². The van der Waals surface area contributed by atoms with Gasteiger partial charge in [0.15, 0.2) is 0 Å². The van der Waals surface area contributed by atoms with E-state index in [4.69, 9.17) is 5.11 Å². The van der Waals surface area contributed by atoms with Gasteiger partial charge in [0.1, 0.15) is 3.92 Å². The van der Waals surface area contributed by atoms with Crippen LogP contribution in [-0.4, -0.2) is 15.0 Å².